The van der Waals surface area contributed by atoms with Crippen molar-refractivity contribution < 1.29 is 0 Å². The Morgan fingerprint density at radius 1 is 0.900 bits per heavy atom. The third-order valence-electron chi connectivity index (χ3n) is 4.14. The molecule has 3 heteroatoms. The number of nitrogens with zero attached hydrogens (tertiary/aromatic N) is 1. The summed E-state index contributed by atoms with van der Waals surface area (Å²) in [5.41, 5.74) is 6.01. The molecule has 2 rings (SSSR count). The number of fused-ring (bicyclic) bond motifs is 1. The van der Waals surface area contributed by atoms with Crippen LogP contribution in [0.25, 0.3) is 10.9 Å². The van der Waals surface area contributed by atoms with Crippen LogP contribution in [0.2, 0.25) is 0 Å². The maximum Gasteiger partial charge on any atom is 0.113 e. The molecule has 20 heavy (non-hydrogen) atoms. The molecule has 0 aliphatic rings. The van der Waals surface area contributed by atoms with Gasteiger partial charge in [0.1, 0.15) is 10.4 Å². The zero-order chi connectivity index (χ0) is 15.2. The van der Waals surface area contributed by atoms with Crippen LogP contribution in [-0.2, 0) is 0 Å². The van der Waals surface area contributed by atoms with Crippen LogP contribution >= 0.6 is 15.9 Å². The molecule has 0 radical (unpaired) electrons. The SMILES string of the molecule is CC(C)c1c(Br)ccc2c1c(C(C)C)c(C(C)C)n2[SiH3]. The third-order valence-corrected chi connectivity index (χ3v) is 5.79. The molecular formula is C17H26BrNSi. The summed E-state index contributed by atoms with van der Waals surface area (Å²) >= 11 is 3.77. The topological polar surface area (TPSA) is 4.93 Å². The molecule has 1 heterocycles. The lowest BCUT2D eigenvalue weighted by Crippen LogP contribution is -2.04. The Morgan fingerprint density at radius 2 is 1.45 bits per heavy atom. The summed E-state index contributed by atoms with van der Waals surface area (Å²) in [4.78, 5) is 0. The van der Waals surface area contributed by atoms with Crippen molar-refractivity contribution in [2.75, 3.05) is 0 Å². The van der Waals surface area contributed by atoms with Gasteiger partial charge >= 0.3 is 0 Å². The van der Waals surface area contributed by atoms with Crippen molar-refractivity contribution in [1.82, 2.24) is 4.23 Å². The van der Waals surface area contributed by atoms with Crippen LogP contribution in [0, 0.1) is 0 Å². The Bertz CT molecular complexity index is 638. The van der Waals surface area contributed by atoms with E-state index in [4.69, 9.17) is 0 Å². The normalized spacial score (nSPS) is 12.5. The molecule has 0 unspecified atom stereocenters. The van der Waals surface area contributed by atoms with Crippen LogP contribution in [0.15, 0.2) is 16.6 Å². The summed E-state index contributed by atoms with van der Waals surface area (Å²) in [6, 6.07) is 4.51. The van der Waals surface area contributed by atoms with E-state index in [1.54, 1.807) is 11.3 Å². The Labute approximate surface area is 134 Å². The first-order valence-corrected chi connectivity index (χ1v) is 9.26. The van der Waals surface area contributed by atoms with Gasteiger partial charge in [0.05, 0.1) is 0 Å². The largest absolute Gasteiger partial charge is 0.380 e. The monoisotopic (exact) mass is 351 g/mol. The smallest absolute Gasteiger partial charge is 0.113 e. The first-order chi connectivity index (χ1) is 9.27. The van der Waals surface area contributed by atoms with Crippen molar-refractivity contribution in [1.29, 1.82) is 0 Å². The van der Waals surface area contributed by atoms with Gasteiger partial charge in [-0.15, -0.1) is 0 Å². The minimum atomic E-state index is 0.537. The maximum atomic E-state index is 3.77. The van der Waals surface area contributed by atoms with Crippen molar-refractivity contribution in [2.45, 2.75) is 59.3 Å². The minimum Gasteiger partial charge on any atom is -0.380 e. The van der Waals surface area contributed by atoms with Crippen molar-refractivity contribution in [3.63, 3.8) is 0 Å². The molecule has 0 spiro atoms. The fraction of sp³-hybridized carbons (Fsp3) is 0.529. The quantitative estimate of drug-likeness (QED) is 0.692. The Morgan fingerprint density at radius 3 is 1.90 bits per heavy atom. The standard InChI is InChI=1S/C17H26BrNSi/c1-9(2)14-12(18)7-8-13-16(14)15(10(3)4)17(11(5)6)19(13)20/h7-11H,1-6,20H3. The predicted octanol–water partition coefficient (Wildman–Crippen LogP) is 4.90. The van der Waals surface area contributed by atoms with Crippen molar-refractivity contribution in [2.24, 2.45) is 0 Å². The third kappa shape index (κ3) is 2.39. The molecule has 0 fully saturated rings. The van der Waals surface area contributed by atoms with Crippen LogP contribution in [0.3, 0.4) is 0 Å². The second kappa shape index (κ2) is 5.68. The van der Waals surface area contributed by atoms with Crippen LogP contribution in [0.1, 0.15) is 76.1 Å². The summed E-state index contributed by atoms with van der Waals surface area (Å²) in [7, 11) is 1.05. The number of rotatable bonds is 3. The Balaban J connectivity index is 3.01. The highest BCUT2D eigenvalue weighted by Gasteiger charge is 2.23. The van der Waals surface area contributed by atoms with Gasteiger partial charge < -0.3 is 4.23 Å². The van der Waals surface area contributed by atoms with Gasteiger partial charge in [-0.2, -0.15) is 0 Å². The van der Waals surface area contributed by atoms with Crippen LogP contribution in [0.4, 0.5) is 0 Å². The van der Waals surface area contributed by atoms with E-state index < -0.39 is 0 Å². The predicted molar refractivity (Wildman–Crippen MR) is 97.2 cm³/mol. The van der Waals surface area contributed by atoms with Gasteiger partial charge in [-0.25, -0.2) is 0 Å². The van der Waals surface area contributed by atoms with Gasteiger partial charge in [0.25, 0.3) is 0 Å². The molecule has 0 bridgehead atoms. The average Bonchev–Trinajstić information content (AvgIpc) is 2.62. The van der Waals surface area contributed by atoms with Crippen molar-refractivity contribution in [3.05, 3.63) is 33.4 Å². The number of halogens is 1. The zero-order valence-electron chi connectivity index (χ0n) is 13.7. The first-order valence-electron chi connectivity index (χ1n) is 7.57. The summed E-state index contributed by atoms with van der Waals surface area (Å²) in [6.07, 6.45) is 0. The van der Waals surface area contributed by atoms with Crippen molar-refractivity contribution >= 4 is 37.2 Å². The molecule has 0 saturated carbocycles. The van der Waals surface area contributed by atoms with Crippen molar-refractivity contribution in [3.8, 4) is 0 Å². The molecule has 0 aliphatic heterocycles. The van der Waals surface area contributed by atoms with Crippen LogP contribution < -0.4 is 0 Å². The Hall–Kier alpha value is -0.543. The molecule has 2 aromatic rings. The van der Waals surface area contributed by atoms with E-state index in [1.165, 1.54) is 20.9 Å². The molecular weight excluding hydrogens is 326 g/mol. The lowest BCUT2D eigenvalue weighted by atomic mass is 9.89. The van der Waals surface area contributed by atoms with E-state index in [0.717, 1.165) is 10.4 Å². The molecule has 110 valence electrons. The number of hydrogen-bond donors (Lipinski definition) is 0. The molecule has 0 atom stereocenters. The van der Waals surface area contributed by atoms with Gasteiger partial charge in [0.15, 0.2) is 0 Å². The van der Waals surface area contributed by atoms with Gasteiger partial charge in [-0.3, -0.25) is 0 Å². The van der Waals surface area contributed by atoms with E-state index in [9.17, 15) is 0 Å². The van der Waals surface area contributed by atoms with E-state index in [-0.39, 0.29) is 0 Å². The van der Waals surface area contributed by atoms with Crippen LogP contribution in [-0.4, -0.2) is 14.6 Å². The summed E-state index contributed by atoms with van der Waals surface area (Å²) in [6.45, 7) is 13.9. The minimum absolute atomic E-state index is 0.537. The highest BCUT2D eigenvalue weighted by atomic mass is 79.9. The summed E-state index contributed by atoms with van der Waals surface area (Å²) in [5, 5.41) is 1.50. The van der Waals surface area contributed by atoms with E-state index in [1.807, 2.05) is 0 Å². The van der Waals surface area contributed by atoms with Gasteiger partial charge in [0, 0.05) is 21.1 Å². The van der Waals surface area contributed by atoms with E-state index in [0.29, 0.717) is 17.8 Å². The van der Waals surface area contributed by atoms with Gasteiger partial charge in [0.2, 0.25) is 0 Å². The number of hydrogen-bond acceptors (Lipinski definition) is 0. The molecule has 0 N–H and O–H groups in total. The molecule has 0 amide bonds. The second-order valence-electron chi connectivity index (χ2n) is 6.68. The van der Waals surface area contributed by atoms with Gasteiger partial charge in [-0.05, 0) is 41.0 Å². The molecule has 1 aromatic heterocycles. The highest BCUT2D eigenvalue weighted by molar-refractivity contribution is 9.10. The lowest BCUT2D eigenvalue weighted by Gasteiger charge is -2.16. The Kier molecular flexibility index (Phi) is 4.50. The average molecular weight is 352 g/mol. The molecule has 0 aliphatic carbocycles. The number of aromatic nitrogens is 1. The second-order valence-corrected chi connectivity index (χ2v) is 8.43. The summed E-state index contributed by atoms with van der Waals surface area (Å²) < 4.78 is 3.79. The van der Waals surface area contributed by atoms with Crippen LogP contribution in [0.5, 0.6) is 0 Å². The maximum absolute atomic E-state index is 3.77. The zero-order valence-corrected chi connectivity index (χ0v) is 17.3. The highest BCUT2D eigenvalue weighted by Crippen LogP contribution is 2.41. The summed E-state index contributed by atoms with van der Waals surface area (Å²) in [5.74, 6) is 1.68. The molecule has 1 aromatic carbocycles. The van der Waals surface area contributed by atoms with E-state index >= 15 is 0 Å². The van der Waals surface area contributed by atoms with E-state index in [2.05, 4.69) is 73.8 Å². The first kappa shape index (κ1) is 15.8. The fourth-order valence-corrected chi connectivity index (χ4v) is 5.35. The fourth-order valence-electron chi connectivity index (χ4n) is 3.43. The lowest BCUT2D eigenvalue weighted by molar-refractivity contribution is 0.765. The number of benzene rings is 1. The molecule has 1 nitrogen and oxygen atoms in total. The molecule has 0 saturated heterocycles. The van der Waals surface area contributed by atoms with Gasteiger partial charge in [-0.1, -0.05) is 57.5 Å².